The highest BCUT2D eigenvalue weighted by atomic mass is 16.5. The fraction of sp³-hybridized carbons (Fsp3) is 0.636. The molecule has 0 unspecified atom stereocenters. The molecule has 0 saturated carbocycles. The van der Waals surface area contributed by atoms with Crippen molar-refractivity contribution in [2.45, 2.75) is 26.7 Å². The van der Waals surface area contributed by atoms with Crippen molar-refractivity contribution >= 4 is 11.7 Å². The van der Waals surface area contributed by atoms with Crippen LogP contribution >= 0.6 is 0 Å². The first kappa shape index (κ1) is 10.2. The molecule has 0 aliphatic carbocycles. The molecule has 1 amide bonds. The van der Waals surface area contributed by atoms with Gasteiger partial charge in [0.15, 0.2) is 11.7 Å². The largest absolute Gasteiger partial charge is 0.477 e. The van der Waals surface area contributed by atoms with Gasteiger partial charge in [-0.1, -0.05) is 13.8 Å². The summed E-state index contributed by atoms with van der Waals surface area (Å²) < 4.78 is 5.23. The van der Waals surface area contributed by atoms with Crippen LogP contribution in [0.3, 0.4) is 0 Å². The Hall–Kier alpha value is -1.32. The molecule has 0 bridgehead atoms. The summed E-state index contributed by atoms with van der Waals surface area (Å²) in [7, 11) is 0. The van der Waals surface area contributed by atoms with E-state index >= 15 is 0 Å². The van der Waals surface area contributed by atoms with Gasteiger partial charge in [0.1, 0.15) is 12.0 Å². The minimum atomic E-state index is -0.836. The molecule has 1 saturated heterocycles. The summed E-state index contributed by atoms with van der Waals surface area (Å²) in [6.07, 6.45) is 2.59. The second kappa shape index (κ2) is 3.36. The second-order valence-electron chi connectivity index (χ2n) is 3.94. The molecule has 0 atom stereocenters. The highest BCUT2D eigenvalue weighted by molar-refractivity contribution is 6.13. The molecule has 1 fully saturated rings. The molecule has 2 rings (SSSR count). The Morgan fingerprint density at radius 2 is 2.07 bits per heavy atom. The van der Waals surface area contributed by atoms with Gasteiger partial charge in [-0.25, -0.2) is 0 Å². The van der Waals surface area contributed by atoms with E-state index in [0.717, 1.165) is 0 Å². The minimum absolute atomic E-state index is 0.0903. The third kappa shape index (κ3) is 1.20. The summed E-state index contributed by atoms with van der Waals surface area (Å²) >= 11 is 0. The van der Waals surface area contributed by atoms with Gasteiger partial charge in [-0.05, 0) is 12.8 Å². The molecule has 0 N–H and O–H groups in total. The summed E-state index contributed by atoms with van der Waals surface area (Å²) in [5.41, 5.74) is -0.836. The molecule has 82 valence electrons. The number of carbonyl (C=O) groups is 2. The predicted molar refractivity (Wildman–Crippen MR) is 53.8 cm³/mol. The SMILES string of the molecule is CCC1(CC)C(=O)C=C2OCCN2C1=O. The van der Waals surface area contributed by atoms with Gasteiger partial charge in [0.05, 0.1) is 6.54 Å². The van der Waals surface area contributed by atoms with Gasteiger partial charge >= 0.3 is 0 Å². The number of ether oxygens (including phenoxy) is 1. The predicted octanol–water partition coefficient (Wildman–Crippen LogP) is 1.08. The van der Waals surface area contributed by atoms with Crippen LogP contribution in [0.15, 0.2) is 12.0 Å². The third-order valence-electron chi connectivity index (χ3n) is 3.42. The van der Waals surface area contributed by atoms with E-state index in [2.05, 4.69) is 0 Å². The Kier molecular flexibility index (Phi) is 2.29. The molecule has 0 aromatic rings. The standard InChI is InChI=1S/C11H15NO3/c1-3-11(4-2)8(13)7-9-12(10(11)14)5-6-15-9/h7H,3-6H2,1-2H3. The molecule has 0 radical (unpaired) electrons. The molecular formula is C11H15NO3. The van der Waals surface area contributed by atoms with E-state index in [0.29, 0.717) is 31.9 Å². The molecular weight excluding hydrogens is 194 g/mol. The average molecular weight is 209 g/mol. The van der Waals surface area contributed by atoms with Gasteiger partial charge < -0.3 is 4.74 Å². The maximum absolute atomic E-state index is 12.2. The zero-order valence-corrected chi connectivity index (χ0v) is 9.08. The Labute approximate surface area is 88.9 Å². The monoisotopic (exact) mass is 209 g/mol. The number of ketones is 1. The minimum Gasteiger partial charge on any atom is -0.477 e. The van der Waals surface area contributed by atoms with E-state index in [1.165, 1.54) is 6.08 Å². The molecule has 0 spiro atoms. The van der Waals surface area contributed by atoms with Gasteiger partial charge in [-0.3, -0.25) is 14.5 Å². The van der Waals surface area contributed by atoms with E-state index in [1.807, 2.05) is 13.8 Å². The summed E-state index contributed by atoms with van der Waals surface area (Å²) in [5, 5.41) is 0. The van der Waals surface area contributed by atoms with Crippen LogP contribution < -0.4 is 0 Å². The van der Waals surface area contributed by atoms with Crippen molar-refractivity contribution in [2.75, 3.05) is 13.2 Å². The van der Waals surface area contributed by atoms with Gasteiger partial charge in [0.2, 0.25) is 5.91 Å². The first-order chi connectivity index (χ1) is 7.15. The Morgan fingerprint density at radius 1 is 1.40 bits per heavy atom. The van der Waals surface area contributed by atoms with Crippen LogP contribution in [-0.4, -0.2) is 29.7 Å². The zero-order chi connectivity index (χ0) is 11.1. The van der Waals surface area contributed by atoms with Crippen LogP contribution in [0.25, 0.3) is 0 Å². The van der Waals surface area contributed by atoms with Crippen molar-refractivity contribution in [2.24, 2.45) is 5.41 Å². The highest BCUT2D eigenvalue weighted by Gasteiger charge is 2.49. The van der Waals surface area contributed by atoms with Crippen molar-refractivity contribution in [1.29, 1.82) is 0 Å². The molecule has 2 aliphatic heterocycles. The van der Waals surface area contributed by atoms with Crippen molar-refractivity contribution in [3.8, 4) is 0 Å². The summed E-state index contributed by atoms with van der Waals surface area (Å²) in [4.78, 5) is 25.7. The highest BCUT2D eigenvalue weighted by Crippen LogP contribution is 2.37. The van der Waals surface area contributed by atoms with Crippen LogP contribution in [0, 0.1) is 5.41 Å². The first-order valence-corrected chi connectivity index (χ1v) is 5.36. The van der Waals surface area contributed by atoms with E-state index in [-0.39, 0.29) is 11.7 Å². The van der Waals surface area contributed by atoms with Crippen LogP contribution in [-0.2, 0) is 14.3 Å². The summed E-state index contributed by atoms with van der Waals surface area (Å²) in [6.45, 7) is 4.83. The molecule has 2 heterocycles. The lowest BCUT2D eigenvalue weighted by Gasteiger charge is -2.34. The van der Waals surface area contributed by atoms with Crippen molar-refractivity contribution in [1.82, 2.24) is 4.90 Å². The van der Waals surface area contributed by atoms with Crippen LogP contribution in [0.5, 0.6) is 0 Å². The van der Waals surface area contributed by atoms with Gasteiger partial charge in [-0.15, -0.1) is 0 Å². The molecule has 2 aliphatic rings. The number of carbonyl (C=O) groups excluding carboxylic acids is 2. The lowest BCUT2D eigenvalue weighted by atomic mass is 9.75. The fourth-order valence-corrected chi connectivity index (χ4v) is 2.27. The molecule has 15 heavy (non-hydrogen) atoms. The number of hydrogen-bond donors (Lipinski definition) is 0. The zero-order valence-electron chi connectivity index (χ0n) is 9.08. The van der Waals surface area contributed by atoms with Crippen molar-refractivity contribution < 1.29 is 14.3 Å². The second-order valence-corrected chi connectivity index (χ2v) is 3.94. The number of nitrogens with zero attached hydrogens (tertiary/aromatic N) is 1. The lowest BCUT2D eigenvalue weighted by molar-refractivity contribution is -0.148. The topological polar surface area (TPSA) is 46.6 Å². The van der Waals surface area contributed by atoms with Crippen molar-refractivity contribution in [3.63, 3.8) is 0 Å². The number of hydrogen-bond acceptors (Lipinski definition) is 3. The van der Waals surface area contributed by atoms with E-state index in [1.54, 1.807) is 4.90 Å². The van der Waals surface area contributed by atoms with E-state index in [9.17, 15) is 9.59 Å². The smallest absolute Gasteiger partial charge is 0.243 e. The number of allylic oxidation sites excluding steroid dienone is 1. The number of rotatable bonds is 2. The van der Waals surface area contributed by atoms with Gasteiger partial charge in [-0.2, -0.15) is 0 Å². The quantitative estimate of drug-likeness (QED) is 0.639. The first-order valence-electron chi connectivity index (χ1n) is 5.36. The number of amides is 1. The molecule has 0 aromatic carbocycles. The summed E-state index contributed by atoms with van der Waals surface area (Å²) in [6, 6.07) is 0. The van der Waals surface area contributed by atoms with Crippen LogP contribution in [0.2, 0.25) is 0 Å². The maximum Gasteiger partial charge on any atom is 0.243 e. The Morgan fingerprint density at radius 3 is 2.67 bits per heavy atom. The van der Waals surface area contributed by atoms with Gasteiger partial charge in [0, 0.05) is 6.08 Å². The molecule has 4 heteroatoms. The lowest BCUT2D eigenvalue weighted by Crippen LogP contribution is -2.49. The molecule has 0 aromatic heterocycles. The van der Waals surface area contributed by atoms with Crippen molar-refractivity contribution in [3.05, 3.63) is 12.0 Å². The molecule has 4 nitrogen and oxygen atoms in total. The van der Waals surface area contributed by atoms with E-state index < -0.39 is 5.41 Å². The maximum atomic E-state index is 12.2. The third-order valence-corrected chi connectivity index (χ3v) is 3.42. The van der Waals surface area contributed by atoms with Gasteiger partial charge in [0.25, 0.3) is 0 Å². The fourth-order valence-electron chi connectivity index (χ4n) is 2.27. The van der Waals surface area contributed by atoms with Crippen LogP contribution in [0.4, 0.5) is 0 Å². The Balaban J connectivity index is 2.45. The summed E-state index contributed by atoms with van der Waals surface area (Å²) in [5.74, 6) is 0.237. The van der Waals surface area contributed by atoms with Crippen LogP contribution in [0.1, 0.15) is 26.7 Å². The average Bonchev–Trinajstić information content (AvgIpc) is 2.68. The number of fused-ring (bicyclic) bond motifs is 1. The normalized spacial score (nSPS) is 23.6. The Bertz CT molecular complexity index is 342. The van der Waals surface area contributed by atoms with E-state index in [4.69, 9.17) is 4.74 Å².